The van der Waals surface area contributed by atoms with E-state index in [0.29, 0.717) is 12.3 Å². The summed E-state index contributed by atoms with van der Waals surface area (Å²) < 4.78 is 5.07. The van der Waals surface area contributed by atoms with Crippen molar-refractivity contribution in [1.82, 2.24) is 10.7 Å². The van der Waals surface area contributed by atoms with Crippen molar-refractivity contribution in [3.8, 4) is 5.75 Å². The second-order valence-corrected chi connectivity index (χ2v) is 5.90. The standard InChI is InChI=1S/C19H20N4O5/c1-13(10-18(24)20-12-14-6-8-17(28-2)9-7-14)21-22-19(25)15-4-3-5-16(11-15)23(26)27/h3-9,11H,10,12H2,1-2H3,(H,20,24)(H,22,25). The molecule has 0 aliphatic carbocycles. The predicted molar refractivity (Wildman–Crippen MR) is 103 cm³/mol. The Kier molecular flexibility index (Phi) is 7.21. The summed E-state index contributed by atoms with van der Waals surface area (Å²) in [6.07, 6.45) is 0.00533. The number of rotatable bonds is 8. The van der Waals surface area contributed by atoms with E-state index in [1.807, 2.05) is 12.1 Å². The molecule has 0 aliphatic heterocycles. The van der Waals surface area contributed by atoms with Crippen molar-refractivity contribution in [3.05, 3.63) is 69.8 Å². The van der Waals surface area contributed by atoms with Gasteiger partial charge in [-0.2, -0.15) is 5.10 Å². The van der Waals surface area contributed by atoms with Crippen LogP contribution >= 0.6 is 0 Å². The Morgan fingerprint density at radius 3 is 2.54 bits per heavy atom. The van der Waals surface area contributed by atoms with E-state index in [2.05, 4.69) is 15.8 Å². The molecule has 2 aromatic carbocycles. The zero-order valence-electron chi connectivity index (χ0n) is 15.5. The molecule has 0 saturated carbocycles. The van der Waals surface area contributed by atoms with Gasteiger partial charge in [0, 0.05) is 30.0 Å². The summed E-state index contributed by atoms with van der Waals surface area (Å²) in [6.45, 7) is 1.96. The summed E-state index contributed by atoms with van der Waals surface area (Å²) in [4.78, 5) is 34.2. The highest BCUT2D eigenvalue weighted by Crippen LogP contribution is 2.13. The molecule has 9 heteroatoms. The number of nitrogens with one attached hydrogen (secondary N) is 2. The molecule has 0 fully saturated rings. The maximum Gasteiger partial charge on any atom is 0.271 e. The number of nitrogens with zero attached hydrogens (tertiary/aromatic N) is 2. The number of methoxy groups -OCH3 is 1. The van der Waals surface area contributed by atoms with Crippen LogP contribution in [0.3, 0.4) is 0 Å². The predicted octanol–water partition coefficient (Wildman–Crippen LogP) is 2.42. The van der Waals surface area contributed by atoms with Gasteiger partial charge < -0.3 is 10.1 Å². The molecule has 0 spiro atoms. The largest absolute Gasteiger partial charge is 0.497 e. The van der Waals surface area contributed by atoms with E-state index in [4.69, 9.17) is 4.74 Å². The Bertz CT molecular complexity index is 893. The third-order valence-electron chi connectivity index (χ3n) is 3.73. The van der Waals surface area contributed by atoms with Gasteiger partial charge in [-0.15, -0.1) is 0 Å². The second kappa shape index (κ2) is 9.81. The number of hydrogen-bond acceptors (Lipinski definition) is 6. The average Bonchev–Trinajstić information content (AvgIpc) is 2.71. The third kappa shape index (κ3) is 6.20. The summed E-state index contributed by atoms with van der Waals surface area (Å²) >= 11 is 0. The van der Waals surface area contributed by atoms with Gasteiger partial charge in [-0.05, 0) is 30.7 Å². The van der Waals surface area contributed by atoms with Crippen LogP contribution in [-0.4, -0.2) is 29.6 Å². The molecule has 28 heavy (non-hydrogen) atoms. The molecule has 146 valence electrons. The van der Waals surface area contributed by atoms with Crippen molar-refractivity contribution in [1.29, 1.82) is 0 Å². The molecule has 2 rings (SSSR count). The van der Waals surface area contributed by atoms with Crippen LogP contribution in [0.2, 0.25) is 0 Å². The smallest absolute Gasteiger partial charge is 0.271 e. The number of amides is 2. The summed E-state index contributed by atoms with van der Waals surface area (Å²) in [5.74, 6) is -0.110. The molecule has 0 radical (unpaired) electrons. The zero-order valence-corrected chi connectivity index (χ0v) is 15.5. The molecule has 0 saturated heterocycles. The fourth-order valence-electron chi connectivity index (χ4n) is 2.25. The summed E-state index contributed by atoms with van der Waals surface area (Å²) in [7, 11) is 1.58. The van der Waals surface area contributed by atoms with Crippen LogP contribution in [0.4, 0.5) is 5.69 Å². The topological polar surface area (TPSA) is 123 Å². The van der Waals surface area contributed by atoms with Crippen molar-refractivity contribution in [3.63, 3.8) is 0 Å². The van der Waals surface area contributed by atoms with Crippen LogP contribution in [-0.2, 0) is 11.3 Å². The Balaban J connectivity index is 1.83. The van der Waals surface area contributed by atoms with Crippen molar-refractivity contribution >= 4 is 23.2 Å². The molecule has 2 amide bonds. The lowest BCUT2D eigenvalue weighted by Gasteiger charge is -2.07. The number of nitro benzene ring substituents is 1. The Labute approximate surface area is 161 Å². The summed E-state index contributed by atoms with van der Waals surface area (Å²) in [6, 6.07) is 12.6. The van der Waals surface area contributed by atoms with Crippen LogP contribution in [0.25, 0.3) is 0 Å². The summed E-state index contributed by atoms with van der Waals surface area (Å²) in [5.41, 5.74) is 3.52. The monoisotopic (exact) mass is 384 g/mol. The molecule has 9 nitrogen and oxygen atoms in total. The van der Waals surface area contributed by atoms with Crippen LogP contribution < -0.4 is 15.5 Å². The number of hydrazone groups is 1. The second-order valence-electron chi connectivity index (χ2n) is 5.90. The van der Waals surface area contributed by atoms with Crippen molar-refractivity contribution in [2.24, 2.45) is 5.10 Å². The fraction of sp³-hybridized carbons (Fsp3) is 0.211. The first-order valence-electron chi connectivity index (χ1n) is 8.36. The molecule has 0 aliphatic rings. The highest BCUT2D eigenvalue weighted by molar-refractivity contribution is 6.01. The lowest BCUT2D eigenvalue weighted by Crippen LogP contribution is -2.26. The zero-order chi connectivity index (χ0) is 20.5. The van der Waals surface area contributed by atoms with Gasteiger partial charge >= 0.3 is 0 Å². The first-order chi connectivity index (χ1) is 13.4. The minimum atomic E-state index is -0.596. The van der Waals surface area contributed by atoms with Gasteiger partial charge in [0.15, 0.2) is 0 Å². The first-order valence-corrected chi connectivity index (χ1v) is 8.36. The van der Waals surface area contributed by atoms with Gasteiger partial charge in [0.05, 0.1) is 18.5 Å². The first kappa shape index (κ1) is 20.6. The average molecular weight is 384 g/mol. The van der Waals surface area contributed by atoms with Gasteiger partial charge in [0.1, 0.15) is 5.75 Å². The molecular formula is C19H20N4O5. The van der Waals surface area contributed by atoms with Gasteiger partial charge in [0.25, 0.3) is 11.6 Å². The van der Waals surface area contributed by atoms with Crippen LogP contribution in [0, 0.1) is 10.1 Å². The molecule has 0 atom stereocenters. The lowest BCUT2D eigenvalue weighted by molar-refractivity contribution is -0.384. The van der Waals surface area contributed by atoms with Gasteiger partial charge in [0.2, 0.25) is 5.91 Å². The fourth-order valence-corrected chi connectivity index (χ4v) is 2.25. The van der Waals surface area contributed by atoms with E-state index in [-0.39, 0.29) is 23.6 Å². The van der Waals surface area contributed by atoms with Crippen molar-refractivity contribution in [2.45, 2.75) is 19.9 Å². The molecule has 0 unspecified atom stereocenters. The molecule has 0 aromatic heterocycles. The molecule has 2 N–H and O–H groups in total. The lowest BCUT2D eigenvalue weighted by atomic mass is 10.2. The minimum absolute atomic E-state index is 0.00533. The number of carbonyl (C=O) groups is 2. The highest BCUT2D eigenvalue weighted by Gasteiger charge is 2.11. The highest BCUT2D eigenvalue weighted by atomic mass is 16.6. The Hall–Kier alpha value is -3.75. The molecule has 2 aromatic rings. The summed E-state index contributed by atoms with van der Waals surface area (Å²) in [5, 5.41) is 17.4. The number of benzene rings is 2. The van der Waals surface area contributed by atoms with E-state index in [1.165, 1.54) is 18.2 Å². The van der Waals surface area contributed by atoms with Crippen LogP contribution in [0.15, 0.2) is 53.6 Å². The SMILES string of the molecule is COc1ccc(CNC(=O)CC(C)=NNC(=O)c2cccc([N+](=O)[O-])c2)cc1. The number of non-ortho nitro benzene ring substituents is 1. The Morgan fingerprint density at radius 2 is 1.89 bits per heavy atom. The van der Waals surface area contributed by atoms with E-state index in [1.54, 1.807) is 26.2 Å². The van der Waals surface area contributed by atoms with Gasteiger partial charge in [-0.3, -0.25) is 19.7 Å². The maximum absolute atomic E-state index is 12.0. The van der Waals surface area contributed by atoms with Crippen LogP contribution in [0.5, 0.6) is 5.75 Å². The third-order valence-corrected chi connectivity index (χ3v) is 3.73. The van der Waals surface area contributed by atoms with E-state index < -0.39 is 10.8 Å². The molecule has 0 heterocycles. The number of hydrogen-bond donors (Lipinski definition) is 2. The Morgan fingerprint density at radius 1 is 1.18 bits per heavy atom. The number of ether oxygens (including phenoxy) is 1. The van der Waals surface area contributed by atoms with E-state index in [9.17, 15) is 19.7 Å². The normalized spacial score (nSPS) is 10.9. The van der Waals surface area contributed by atoms with Gasteiger partial charge in [-0.1, -0.05) is 18.2 Å². The van der Waals surface area contributed by atoms with E-state index >= 15 is 0 Å². The number of nitro groups is 1. The van der Waals surface area contributed by atoms with Crippen LogP contribution in [0.1, 0.15) is 29.3 Å². The molecule has 0 bridgehead atoms. The number of carbonyl (C=O) groups excluding carboxylic acids is 2. The maximum atomic E-state index is 12.0. The quantitative estimate of drug-likeness (QED) is 0.411. The minimum Gasteiger partial charge on any atom is -0.497 e. The van der Waals surface area contributed by atoms with Crippen molar-refractivity contribution < 1.29 is 19.2 Å². The van der Waals surface area contributed by atoms with E-state index in [0.717, 1.165) is 17.4 Å². The van der Waals surface area contributed by atoms with Crippen molar-refractivity contribution in [2.75, 3.05) is 7.11 Å². The molecular weight excluding hydrogens is 364 g/mol. The van der Waals surface area contributed by atoms with Gasteiger partial charge in [-0.25, -0.2) is 5.43 Å².